The van der Waals surface area contributed by atoms with Crippen LogP contribution >= 0.6 is 0 Å². The summed E-state index contributed by atoms with van der Waals surface area (Å²) in [5, 5.41) is 39.0. The van der Waals surface area contributed by atoms with Crippen LogP contribution in [0, 0.1) is 13.8 Å². The van der Waals surface area contributed by atoms with Gasteiger partial charge in [0, 0.05) is 22.3 Å². The zero-order chi connectivity index (χ0) is 20.9. The smallest absolute Gasteiger partial charge is 0.411 e. The van der Waals surface area contributed by atoms with Gasteiger partial charge in [0.05, 0.1) is 0 Å². The van der Waals surface area contributed by atoms with Gasteiger partial charge in [-0.05, 0) is 26.0 Å². The standard InChI is InChI=1S/C17H14F6O4/c1-7-11(24)5-3-9(13(7)26)15(16(18,19)20,17(21,22)23)10-4-6-12(25)8(2)14(10)27/h3-6,24-27H,1-2H3. The lowest BCUT2D eigenvalue weighted by molar-refractivity contribution is -0.289. The van der Waals surface area contributed by atoms with Crippen LogP contribution < -0.4 is 0 Å². The van der Waals surface area contributed by atoms with Gasteiger partial charge in [-0.15, -0.1) is 0 Å². The van der Waals surface area contributed by atoms with E-state index in [0.29, 0.717) is 24.3 Å². The molecule has 0 saturated carbocycles. The largest absolute Gasteiger partial charge is 0.508 e. The summed E-state index contributed by atoms with van der Waals surface area (Å²) in [5.74, 6) is -4.26. The summed E-state index contributed by atoms with van der Waals surface area (Å²) in [5.41, 5.74) is -9.23. The van der Waals surface area contributed by atoms with Crippen molar-refractivity contribution in [1.29, 1.82) is 0 Å². The maximum absolute atomic E-state index is 14.0. The predicted molar refractivity (Wildman–Crippen MR) is 81.9 cm³/mol. The number of rotatable bonds is 2. The Morgan fingerprint density at radius 2 is 0.889 bits per heavy atom. The number of aromatic hydroxyl groups is 4. The molecule has 0 atom stereocenters. The van der Waals surface area contributed by atoms with Gasteiger partial charge in [0.1, 0.15) is 23.0 Å². The second-order valence-corrected chi connectivity index (χ2v) is 5.96. The maximum atomic E-state index is 14.0. The fourth-order valence-corrected chi connectivity index (χ4v) is 2.90. The number of phenols is 4. The van der Waals surface area contributed by atoms with Gasteiger partial charge in [-0.25, -0.2) is 0 Å². The molecule has 10 heteroatoms. The predicted octanol–water partition coefficient (Wildman–Crippen LogP) is 4.54. The minimum absolute atomic E-state index is 0.292. The van der Waals surface area contributed by atoms with Crippen molar-refractivity contribution in [2.75, 3.05) is 0 Å². The highest BCUT2D eigenvalue weighted by Crippen LogP contribution is 2.61. The fraction of sp³-hybridized carbons (Fsp3) is 0.294. The number of benzene rings is 2. The van der Waals surface area contributed by atoms with Crippen molar-refractivity contribution in [2.45, 2.75) is 31.6 Å². The van der Waals surface area contributed by atoms with Gasteiger partial charge in [0.2, 0.25) is 5.41 Å². The van der Waals surface area contributed by atoms with E-state index in [0.717, 1.165) is 13.8 Å². The summed E-state index contributed by atoms with van der Waals surface area (Å²) >= 11 is 0. The van der Waals surface area contributed by atoms with Crippen molar-refractivity contribution in [3.63, 3.8) is 0 Å². The van der Waals surface area contributed by atoms with Gasteiger partial charge in [-0.1, -0.05) is 12.1 Å². The third kappa shape index (κ3) is 2.79. The van der Waals surface area contributed by atoms with Crippen LogP contribution in [0.2, 0.25) is 0 Å². The Morgan fingerprint density at radius 3 is 1.15 bits per heavy atom. The normalized spacial score (nSPS) is 13.0. The summed E-state index contributed by atoms with van der Waals surface area (Å²) in [6.45, 7) is 1.88. The zero-order valence-electron chi connectivity index (χ0n) is 13.9. The summed E-state index contributed by atoms with van der Waals surface area (Å²) in [6, 6.07) is 1.75. The van der Waals surface area contributed by atoms with Crippen molar-refractivity contribution in [3.05, 3.63) is 46.5 Å². The molecule has 0 fully saturated rings. The Balaban J connectivity index is 3.13. The quantitative estimate of drug-likeness (QED) is 0.562. The highest BCUT2D eigenvalue weighted by molar-refractivity contribution is 5.61. The van der Waals surface area contributed by atoms with Crippen LogP contribution in [0.3, 0.4) is 0 Å². The molecule has 0 spiro atoms. The maximum Gasteiger partial charge on any atom is 0.411 e. The Morgan fingerprint density at radius 1 is 0.593 bits per heavy atom. The molecule has 0 unspecified atom stereocenters. The molecule has 4 nitrogen and oxygen atoms in total. The molecule has 0 amide bonds. The minimum Gasteiger partial charge on any atom is -0.508 e. The molecule has 0 aliphatic rings. The average Bonchev–Trinajstić information content (AvgIpc) is 2.52. The Bertz CT molecular complexity index is 813. The van der Waals surface area contributed by atoms with E-state index >= 15 is 0 Å². The van der Waals surface area contributed by atoms with Gasteiger partial charge < -0.3 is 20.4 Å². The van der Waals surface area contributed by atoms with Crippen LogP contribution in [0.1, 0.15) is 22.3 Å². The number of hydrogen-bond acceptors (Lipinski definition) is 4. The van der Waals surface area contributed by atoms with Crippen molar-refractivity contribution in [3.8, 4) is 23.0 Å². The molecular weight excluding hydrogens is 382 g/mol. The van der Waals surface area contributed by atoms with E-state index in [-0.39, 0.29) is 0 Å². The van der Waals surface area contributed by atoms with Crippen LogP contribution in [0.15, 0.2) is 24.3 Å². The van der Waals surface area contributed by atoms with Gasteiger partial charge in [0.15, 0.2) is 0 Å². The van der Waals surface area contributed by atoms with Crippen molar-refractivity contribution in [2.24, 2.45) is 0 Å². The number of alkyl halides is 6. The molecule has 0 aliphatic carbocycles. The summed E-state index contributed by atoms with van der Waals surface area (Å²) in [7, 11) is 0. The molecule has 2 rings (SSSR count). The van der Waals surface area contributed by atoms with E-state index in [4.69, 9.17) is 0 Å². The lowest BCUT2D eigenvalue weighted by Crippen LogP contribution is -2.55. The lowest BCUT2D eigenvalue weighted by Gasteiger charge is -2.39. The molecule has 27 heavy (non-hydrogen) atoms. The molecule has 0 saturated heterocycles. The third-order valence-electron chi connectivity index (χ3n) is 4.46. The van der Waals surface area contributed by atoms with Gasteiger partial charge >= 0.3 is 12.4 Å². The topological polar surface area (TPSA) is 80.9 Å². The molecule has 4 N–H and O–H groups in total. The van der Waals surface area contributed by atoms with Gasteiger partial charge in [-0.3, -0.25) is 0 Å². The average molecular weight is 396 g/mol. The molecule has 0 heterocycles. The summed E-state index contributed by atoms with van der Waals surface area (Å²) in [6.07, 6.45) is -12.1. The van der Waals surface area contributed by atoms with E-state index < -0.39 is 63.0 Å². The molecule has 0 aliphatic heterocycles. The first kappa shape index (κ1) is 20.5. The molecular formula is C17H14F6O4. The third-order valence-corrected chi connectivity index (χ3v) is 4.46. The first-order valence-electron chi connectivity index (χ1n) is 7.35. The van der Waals surface area contributed by atoms with Crippen LogP contribution in [-0.4, -0.2) is 32.8 Å². The number of hydrogen-bond donors (Lipinski definition) is 4. The number of phenolic OH excluding ortho intramolecular Hbond substituents is 4. The molecule has 2 aromatic carbocycles. The zero-order valence-corrected chi connectivity index (χ0v) is 13.9. The van der Waals surface area contributed by atoms with E-state index in [1.807, 2.05) is 0 Å². The highest BCUT2D eigenvalue weighted by atomic mass is 19.4. The van der Waals surface area contributed by atoms with E-state index in [1.54, 1.807) is 0 Å². The molecule has 0 bridgehead atoms. The fourth-order valence-electron chi connectivity index (χ4n) is 2.90. The van der Waals surface area contributed by atoms with Gasteiger partial charge in [0.25, 0.3) is 0 Å². The summed E-state index contributed by atoms with van der Waals surface area (Å²) in [4.78, 5) is 0. The lowest BCUT2D eigenvalue weighted by atomic mass is 9.71. The molecule has 148 valence electrons. The van der Waals surface area contributed by atoms with Gasteiger partial charge in [-0.2, -0.15) is 26.3 Å². The van der Waals surface area contributed by atoms with Crippen LogP contribution in [0.25, 0.3) is 0 Å². The van der Waals surface area contributed by atoms with E-state index in [2.05, 4.69) is 0 Å². The van der Waals surface area contributed by atoms with Crippen molar-refractivity contribution in [1.82, 2.24) is 0 Å². The monoisotopic (exact) mass is 396 g/mol. The van der Waals surface area contributed by atoms with E-state index in [1.165, 1.54) is 0 Å². The molecule has 0 aromatic heterocycles. The second kappa shape index (κ2) is 6.14. The van der Waals surface area contributed by atoms with Crippen molar-refractivity contribution >= 4 is 0 Å². The highest BCUT2D eigenvalue weighted by Gasteiger charge is 2.74. The van der Waals surface area contributed by atoms with Crippen molar-refractivity contribution < 1.29 is 46.8 Å². The SMILES string of the molecule is Cc1c(O)ccc(C(c2ccc(O)c(C)c2O)(C(F)(F)F)C(F)(F)F)c1O. The summed E-state index contributed by atoms with van der Waals surface area (Å²) < 4.78 is 84.0. The van der Waals surface area contributed by atoms with Crippen LogP contribution in [0.5, 0.6) is 23.0 Å². The Kier molecular flexibility index (Phi) is 4.67. The molecule has 0 radical (unpaired) electrons. The van der Waals surface area contributed by atoms with E-state index in [9.17, 15) is 46.8 Å². The number of halogens is 6. The van der Waals surface area contributed by atoms with Crippen LogP contribution in [-0.2, 0) is 5.41 Å². The van der Waals surface area contributed by atoms with Crippen LogP contribution in [0.4, 0.5) is 26.3 Å². The first-order valence-corrected chi connectivity index (χ1v) is 7.35. The minimum atomic E-state index is -6.05. The second-order valence-electron chi connectivity index (χ2n) is 5.96. The Hall–Kier alpha value is -2.78. The molecule has 2 aromatic rings. The Labute approximate surface area is 148 Å². The first-order chi connectivity index (χ1) is 12.2.